The maximum Gasteiger partial charge on any atom is 0.145 e. The Bertz CT molecular complexity index is 225. The van der Waals surface area contributed by atoms with Gasteiger partial charge in [-0.1, -0.05) is 6.92 Å². The van der Waals surface area contributed by atoms with Gasteiger partial charge in [-0.05, 0) is 12.1 Å². The van der Waals surface area contributed by atoms with Gasteiger partial charge >= 0.3 is 0 Å². The molecule has 2 unspecified atom stereocenters. The minimum absolute atomic E-state index is 0.0844. The van der Waals surface area contributed by atoms with Crippen molar-refractivity contribution in [3.05, 3.63) is 29.8 Å². The van der Waals surface area contributed by atoms with Crippen LogP contribution in [0.5, 0.6) is 0 Å². The largest absolute Gasteiger partial charge is 0.258 e. The van der Waals surface area contributed by atoms with E-state index in [1.807, 2.05) is 6.92 Å². The monoisotopic (exact) mass is 157 g/mol. The van der Waals surface area contributed by atoms with E-state index in [9.17, 15) is 4.39 Å². The lowest BCUT2D eigenvalue weighted by Crippen LogP contribution is -1.92. The molecule has 0 saturated heterocycles. The third kappa shape index (κ3) is 1.51. The summed E-state index contributed by atoms with van der Waals surface area (Å²) >= 11 is 0. The number of rotatable bonds is 1. The lowest BCUT2D eigenvalue weighted by molar-refractivity contribution is 0.600. The summed E-state index contributed by atoms with van der Waals surface area (Å²) in [7, 11) is 2.50. The van der Waals surface area contributed by atoms with Crippen LogP contribution in [0.4, 0.5) is 4.39 Å². The molecule has 0 radical (unpaired) electrons. The van der Waals surface area contributed by atoms with Crippen LogP contribution in [0.2, 0.25) is 0 Å². The molecule has 0 aromatic carbocycles. The lowest BCUT2D eigenvalue weighted by atomic mass is 10.3. The molecule has 0 bridgehead atoms. The van der Waals surface area contributed by atoms with Gasteiger partial charge in [-0.15, -0.1) is 9.24 Å². The molecule has 0 aliphatic rings. The highest BCUT2D eigenvalue weighted by Crippen LogP contribution is 2.21. The van der Waals surface area contributed by atoms with E-state index in [-0.39, 0.29) is 11.5 Å². The van der Waals surface area contributed by atoms with Crippen molar-refractivity contribution in [1.82, 2.24) is 4.98 Å². The van der Waals surface area contributed by atoms with E-state index >= 15 is 0 Å². The summed E-state index contributed by atoms with van der Waals surface area (Å²) in [5, 5.41) is 0. The molecular formula is C7H9FNP. The van der Waals surface area contributed by atoms with E-state index in [0.717, 1.165) is 0 Å². The number of aromatic nitrogens is 1. The van der Waals surface area contributed by atoms with Gasteiger partial charge < -0.3 is 0 Å². The van der Waals surface area contributed by atoms with Gasteiger partial charge in [0.15, 0.2) is 0 Å². The number of hydrogen-bond donors (Lipinski definition) is 0. The predicted octanol–water partition coefficient (Wildman–Crippen LogP) is 2.16. The second kappa shape index (κ2) is 3.07. The number of pyridine rings is 1. The third-order valence-corrected chi connectivity index (χ3v) is 1.53. The molecule has 10 heavy (non-hydrogen) atoms. The van der Waals surface area contributed by atoms with Crippen LogP contribution >= 0.6 is 9.24 Å². The van der Waals surface area contributed by atoms with E-state index in [1.165, 1.54) is 6.07 Å². The molecule has 0 aliphatic carbocycles. The van der Waals surface area contributed by atoms with E-state index in [2.05, 4.69) is 14.2 Å². The molecule has 54 valence electrons. The molecule has 1 heterocycles. The second-order valence-corrected chi connectivity index (χ2v) is 3.16. The van der Waals surface area contributed by atoms with Crippen LogP contribution in [-0.4, -0.2) is 4.98 Å². The second-order valence-electron chi connectivity index (χ2n) is 2.16. The standard InChI is InChI=1S/C7H9FNP/c1-5(10)7-6(8)3-2-4-9-7/h2-5H,10H2,1H3. The maximum absolute atomic E-state index is 12.8. The zero-order valence-corrected chi connectivity index (χ0v) is 6.87. The van der Waals surface area contributed by atoms with Crippen LogP contribution in [0.15, 0.2) is 18.3 Å². The normalized spacial score (nSPS) is 13.1. The van der Waals surface area contributed by atoms with E-state index < -0.39 is 0 Å². The summed E-state index contributed by atoms with van der Waals surface area (Å²) in [5.74, 6) is -0.231. The Morgan fingerprint density at radius 2 is 2.40 bits per heavy atom. The van der Waals surface area contributed by atoms with Crippen LogP contribution in [0.25, 0.3) is 0 Å². The van der Waals surface area contributed by atoms with Gasteiger partial charge in [0.05, 0.1) is 5.69 Å². The molecule has 0 aliphatic heterocycles. The summed E-state index contributed by atoms with van der Waals surface area (Å²) in [6.07, 6.45) is 1.60. The quantitative estimate of drug-likeness (QED) is 0.569. The number of hydrogen-bond acceptors (Lipinski definition) is 1. The van der Waals surface area contributed by atoms with Crippen LogP contribution < -0.4 is 0 Å². The van der Waals surface area contributed by atoms with Gasteiger partial charge in [-0.25, -0.2) is 4.39 Å². The average molecular weight is 157 g/mol. The minimum atomic E-state index is -0.231. The third-order valence-electron chi connectivity index (χ3n) is 1.22. The first kappa shape index (κ1) is 7.62. The van der Waals surface area contributed by atoms with Crippen molar-refractivity contribution in [2.24, 2.45) is 0 Å². The summed E-state index contributed by atoms with van der Waals surface area (Å²) in [5.41, 5.74) is 0.591. The smallest absolute Gasteiger partial charge is 0.145 e. The van der Waals surface area contributed by atoms with Gasteiger partial charge in [0.2, 0.25) is 0 Å². The molecule has 0 N–H and O–H groups in total. The van der Waals surface area contributed by atoms with Crippen molar-refractivity contribution in [1.29, 1.82) is 0 Å². The molecule has 0 fully saturated rings. The van der Waals surface area contributed by atoms with Gasteiger partial charge in [0, 0.05) is 11.9 Å². The molecule has 1 rings (SSSR count). The maximum atomic E-state index is 12.8. The fourth-order valence-electron chi connectivity index (χ4n) is 0.733. The molecule has 1 nitrogen and oxygen atoms in total. The van der Waals surface area contributed by atoms with Crippen molar-refractivity contribution in [3.63, 3.8) is 0 Å². The highest BCUT2D eigenvalue weighted by molar-refractivity contribution is 7.17. The van der Waals surface area contributed by atoms with Crippen molar-refractivity contribution >= 4 is 9.24 Å². The van der Waals surface area contributed by atoms with Crippen LogP contribution in [0.1, 0.15) is 18.3 Å². The Morgan fingerprint density at radius 1 is 1.70 bits per heavy atom. The van der Waals surface area contributed by atoms with Crippen LogP contribution in [0, 0.1) is 5.82 Å². The molecule has 3 heteroatoms. The van der Waals surface area contributed by atoms with Crippen molar-refractivity contribution in [3.8, 4) is 0 Å². The summed E-state index contributed by atoms with van der Waals surface area (Å²) in [6.45, 7) is 1.88. The van der Waals surface area contributed by atoms with Crippen LogP contribution in [-0.2, 0) is 0 Å². The zero-order valence-electron chi connectivity index (χ0n) is 5.71. The fourth-order valence-corrected chi connectivity index (χ4v) is 0.978. The average Bonchev–Trinajstić information content (AvgIpc) is 1.88. The van der Waals surface area contributed by atoms with E-state index in [4.69, 9.17) is 0 Å². The predicted molar refractivity (Wildman–Crippen MR) is 42.3 cm³/mol. The number of nitrogens with zero attached hydrogens (tertiary/aromatic N) is 1. The molecule has 2 atom stereocenters. The highest BCUT2D eigenvalue weighted by atomic mass is 31.0. The summed E-state index contributed by atoms with van der Waals surface area (Å²) in [6, 6.07) is 3.01. The Kier molecular flexibility index (Phi) is 2.34. The summed E-state index contributed by atoms with van der Waals surface area (Å²) in [4.78, 5) is 3.88. The molecule has 1 aromatic rings. The number of halogens is 1. The van der Waals surface area contributed by atoms with Crippen molar-refractivity contribution in [2.45, 2.75) is 12.6 Å². The van der Waals surface area contributed by atoms with Crippen molar-refractivity contribution < 1.29 is 4.39 Å². The molecule has 1 aromatic heterocycles. The fraction of sp³-hybridized carbons (Fsp3) is 0.286. The molecular weight excluding hydrogens is 148 g/mol. The first-order valence-electron chi connectivity index (χ1n) is 3.08. The minimum Gasteiger partial charge on any atom is -0.258 e. The van der Waals surface area contributed by atoms with Gasteiger partial charge in [0.1, 0.15) is 5.82 Å². The van der Waals surface area contributed by atoms with Gasteiger partial charge in [0.25, 0.3) is 0 Å². The Balaban J connectivity index is 3.03. The van der Waals surface area contributed by atoms with E-state index in [0.29, 0.717) is 5.69 Å². The van der Waals surface area contributed by atoms with Crippen LogP contribution in [0.3, 0.4) is 0 Å². The topological polar surface area (TPSA) is 12.9 Å². The van der Waals surface area contributed by atoms with Gasteiger partial charge in [-0.3, -0.25) is 4.98 Å². The Hall–Kier alpha value is -0.490. The SMILES string of the molecule is CC(P)c1ncccc1F. The molecule has 0 spiro atoms. The van der Waals surface area contributed by atoms with Gasteiger partial charge in [-0.2, -0.15) is 0 Å². The molecule has 0 saturated carbocycles. The van der Waals surface area contributed by atoms with Crippen molar-refractivity contribution in [2.75, 3.05) is 0 Å². The Labute approximate surface area is 61.9 Å². The lowest BCUT2D eigenvalue weighted by Gasteiger charge is -2.02. The first-order chi connectivity index (χ1) is 4.72. The zero-order chi connectivity index (χ0) is 7.56. The van der Waals surface area contributed by atoms with E-state index in [1.54, 1.807) is 12.3 Å². The highest BCUT2D eigenvalue weighted by Gasteiger charge is 2.05. The molecule has 0 amide bonds. The Morgan fingerprint density at radius 3 is 2.80 bits per heavy atom. The summed E-state index contributed by atoms with van der Waals surface area (Å²) < 4.78 is 12.8. The first-order valence-corrected chi connectivity index (χ1v) is 3.74.